The van der Waals surface area contributed by atoms with Crippen molar-refractivity contribution in [1.82, 2.24) is 16.0 Å². The molecule has 6 nitrogen and oxygen atoms in total. The van der Waals surface area contributed by atoms with Crippen molar-refractivity contribution >= 4 is 17.7 Å². The van der Waals surface area contributed by atoms with Crippen LogP contribution < -0.4 is 16.0 Å². The number of nitrogens with one attached hydrogen (secondary N) is 3. The van der Waals surface area contributed by atoms with E-state index in [1.807, 2.05) is 0 Å². The second kappa shape index (κ2) is 28.6. The van der Waals surface area contributed by atoms with Crippen LogP contribution in [0.3, 0.4) is 0 Å². The van der Waals surface area contributed by atoms with E-state index in [0.29, 0.717) is 38.5 Å². The molecule has 3 N–H and O–H groups in total. The summed E-state index contributed by atoms with van der Waals surface area (Å²) >= 11 is 0. The van der Waals surface area contributed by atoms with Crippen LogP contribution in [0.15, 0.2) is 0 Å². The number of carbonyl (C=O) groups is 3. The lowest BCUT2D eigenvalue weighted by atomic mass is 9.59. The molecule has 0 bridgehead atoms. The van der Waals surface area contributed by atoms with Gasteiger partial charge in [0.15, 0.2) is 0 Å². The van der Waals surface area contributed by atoms with Gasteiger partial charge in [0.25, 0.3) is 0 Å². The molecule has 0 aromatic rings. The molecule has 0 atom stereocenters. The normalized spacial score (nSPS) is 14.7. The van der Waals surface area contributed by atoms with Gasteiger partial charge >= 0.3 is 0 Å². The van der Waals surface area contributed by atoms with Gasteiger partial charge in [-0.15, -0.1) is 0 Å². The van der Waals surface area contributed by atoms with Crippen molar-refractivity contribution in [1.29, 1.82) is 0 Å². The highest BCUT2D eigenvalue weighted by atomic mass is 16.2. The second-order valence-electron chi connectivity index (χ2n) is 38.1. The van der Waals surface area contributed by atoms with Crippen LogP contribution in [0.25, 0.3) is 0 Å². The largest absolute Gasteiger partial charge is 0.351 e. The Labute approximate surface area is 483 Å². The van der Waals surface area contributed by atoms with Crippen molar-refractivity contribution in [3.8, 4) is 0 Å². The van der Waals surface area contributed by atoms with Crippen LogP contribution in [0.1, 0.15) is 362 Å². The van der Waals surface area contributed by atoms with Gasteiger partial charge in [0.05, 0.1) is 0 Å². The first-order chi connectivity index (χ1) is 33.9. The third-order valence-corrected chi connectivity index (χ3v) is 17.5. The molecule has 0 aromatic carbocycles. The zero-order valence-corrected chi connectivity index (χ0v) is 58.2. The summed E-state index contributed by atoms with van der Waals surface area (Å²) in [4.78, 5) is 45.3. The van der Waals surface area contributed by atoms with Crippen molar-refractivity contribution in [2.75, 3.05) is 0 Å². The fraction of sp³-hybridized carbons (Fsp3) is 0.958. The topological polar surface area (TPSA) is 87.3 Å². The third-order valence-electron chi connectivity index (χ3n) is 17.5. The molecule has 0 aliphatic rings. The third kappa shape index (κ3) is 36.5. The molecule has 0 saturated heterocycles. The smallest absolute Gasteiger partial charge is 0.220 e. The summed E-state index contributed by atoms with van der Waals surface area (Å²) in [6, 6.07) is 0. The second-order valence-corrected chi connectivity index (χ2v) is 38.1. The molecule has 0 saturated carbocycles. The highest BCUT2D eigenvalue weighted by Gasteiger charge is 2.45. The van der Waals surface area contributed by atoms with E-state index in [-0.39, 0.29) is 88.5 Å². The summed E-state index contributed by atoms with van der Waals surface area (Å²) in [5, 5.41) is 11.5. The number of rotatable bonds is 30. The van der Waals surface area contributed by atoms with Gasteiger partial charge in [-0.25, -0.2) is 0 Å². The Bertz CT molecular complexity index is 1400. The van der Waals surface area contributed by atoms with Crippen molar-refractivity contribution in [3.63, 3.8) is 0 Å². The van der Waals surface area contributed by atoms with Gasteiger partial charge in [0.1, 0.15) is 0 Å². The summed E-state index contributed by atoms with van der Waals surface area (Å²) in [6.07, 6.45) is 20.7. The molecular weight excluding hydrogens is 943 g/mol. The Morgan fingerprint density at radius 2 is 0.338 bits per heavy atom. The molecule has 0 aliphatic carbocycles. The molecule has 6 heteroatoms. The molecule has 0 radical (unpaired) electrons. The van der Waals surface area contributed by atoms with Crippen LogP contribution in [0.5, 0.6) is 0 Å². The minimum absolute atomic E-state index is 0.111. The average Bonchev–Trinajstić information content (AvgIpc) is 3.19. The van der Waals surface area contributed by atoms with Crippen LogP contribution in [-0.2, 0) is 14.4 Å². The number of amides is 3. The highest BCUT2D eigenvalue weighted by Crippen LogP contribution is 2.51. The van der Waals surface area contributed by atoms with Gasteiger partial charge in [-0.3, -0.25) is 14.4 Å². The van der Waals surface area contributed by atoms with Crippen molar-refractivity contribution in [2.24, 2.45) is 59.6 Å². The maximum atomic E-state index is 15.1. The van der Waals surface area contributed by atoms with Crippen LogP contribution >= 0.6 is 0 Å². The maximum absolute atomic E-state index is 15.1. The molecule has 0 heterocycles. The van der Waals surface area contributed by atoms with E-state index in [4.69, 9.17) is 0 Å². The average molecular weight is 1080 g/mol. The zero-order valence-electron chi connectivity index (χ0n) is 58.2. The van der Waals surface area contributed by atoms with Gasteiger partial charge < -0.3 is 16.0 Å². The molecule has 0 fully saturated rings. The SMILES string of the molecule is CC(C)(C)CCC(CCC(C)(C)C)(CCC(C)(C)C)NC(=O)CCC(CCC(=O)NC(CCC(C)(C)C)(CCC(C)(C)C)CCC(C)(C)C)(CCC(=O)NC(CCC(C)(C)C)(CCC(C)(C)C)CCC(C)(C)C)C(C)(C)C. The molecule has 458 valence electrons. The molecule has 0 rings (SSSR count). The fourth-order valence-electron chi connectivity index (χ4n) is 10.8. The lowest BCUT2D eigenvalue weighted by Crippen LogP contribution is -2.51. The maximum Gasteiger partial charge on any atom is 0.220 e. The molecular formula is C71H141N3O3. The number of hydrogen-bond donors (Lipinski definition) is 3. The van der Waals surface area contributed by atoms with Gasteiger partial charge in [0.2, 0.25) is 17.7 Å². The van der Waals surface area contributed by atoms with Crippen molar-refractivity contribution < 1.29 is 14.4 Å². The summed E-state index contributed by atoms with van der Waals surface area (Å²) < 4.78 is 0. The van der Waals surface area contributed by atoms with Crippen LogP contribution in [0.2, 0.25) is 0 Å². The van der Waals surface area contributed by atoms with Crippen LogP contribution in [-0.4, -0.2) is 34.3 Å². The van der Waals surface area contributed by atoms with Crippen molar-refractivity contribution in [2.45, 2.75) is 378 Å². The Balaban J connectivity index is 7.89. The standard InChI is InChI=1S/C71H141N3O3/c1-58(2,3)37-46-69(47-38-59(4,5)6,48-39-60(7,8)9)72-55(75)31-34-68(67(28,29)30,35-32-56(76)73-70(49-40-61(10,11)12,50-41-62(13,14)15)51-42-63(16,17)18)36-33-57(77)74-71(52-43-64(19,20)21,53-44-65(22,23)24)54-45-66(25,26)27/h31-54H2,1-30H3,(H,72,75)(H,73,76)(H,74,77). The Hall–Kier alpha value is -1.59. The minimum Gasteiger partial charge on any atom is -0.351 e. The van der Waals surface area contributed by atoms with Crippen LogP contribution in [0, 0.1) is 59.6 Å². The van der Waals surface area contributed by atoms with E-state index >= 15 is 14.4 Å². The van der Waals surface area contributed by atoms with Gasteiger partial charge in [-0.1, -0.05) is 208 Å². The Kier molecular flexibility index (Phi) is 28.0. The highest BCUT2D eigenvalue weighted by molar-refractivity contribution is 5.78. The molecule has 0 aliphatic heterocycles. The predicted molar refractivity (Wildman–Crippen MR) is 340 cm³/mol. The lowest BCUT2D eigenvalue weighted by molar-refractivity contribution is -0.126. The molecule has 0 aromatic heterocycles. The monoisotopic (exact) mass is 1080 g/mol. The molecule has 3 amide bonds. The fourth-order valence-corrected chi connectivity index (χ4v) is 10.8. The van der Waals surface area contributed by atoms with E-state index in [0.717, 1.165) is 116 Å². The van der Waals surface area contributed by atoms with Crippen LogP contribution in [0.4, 0.5) is 0 Å². The Morgan fingerprint density at radius 1 is 0.208 bits per heavy atom. The van der Waals surface area contributed by atoms with Gasteiger partial charge in [-0.2, -0.15) is 0 Å². The zero-order chi connectivity index (χ0) is 60.8. The van der Waals surface area contributed by atoms with Gasteiger partial charge in [-0.05, 0) is 194 Å². The summed E-state index contributed by atoms with van der Waals surface area (Å²) in [5.41, 5.74) is -0.520. The lowest BCUT2D eigenvalue weighted by Gasteiger charge is -2.47. The van der Waals surface area contributed by atoms with E-state index in [2.05, 4.69) is 224 Å². The summed E-state index contributed by atoms with van der Waals surface area (Å²) in [5.74, 6) is 0.334. The predicted octanol–water partition coefficient (Wildman–Crippen LogP) is 21.4. The first-order valence-electron chi connectivity index (χ1n) is 31.8. The molecule has 0 spiro atoms. The molecule has 77 heavy (non-hydrogen) atoms. The Morgan fingerprint density at radius 3 is 0.442 bits per heavy atom. The van der Waals surface area contributed by atoms with E-state index in [1.165, 1.54) is 0 Å². The summed E-state index contributed by atoms with van der Waals surface area (Å²) in [6.45, 7) is 69.7. The number of carbonyl (C=O) groups excluding carboxylic acids is 3. The van der Waals surface area contributed by atoms with E-state index < -0.39 is 5.41 Å². The quantitative estimate of drug-likeness (QED) is 0.0670. The molecule has 0 unspecified atom stereocenters. The first kappa shape index (κ1) is 75.4. The van der Waals surface area contributed by atoms with Gasteiger partial charge in [0, 0.05) is 35.9 Å². The number of hydrogen-bond acceptors (Lipinski definition) is 3. The minimum atomic E-state index is -0.473. The van der Waals surface area contributed by atoms with Crippen molar-refractivity contribution in [3.05, 3.63) is 0 Å². The first-order valence-corrected chi connectivity index (χ1v) is 31.8. The van der Waals surface area contributed by atoms with E-state index in [9.17, 15) is 0 Å². The van der Waals surface area contributed by atoms with E-state index in [1.54, 1.807) is 0 Å². The summed E-state index contributed by atoms with van der Waals surface area (Å²) in [7, 11) is 0.